The standard InChI is InChI=1S/C35H41F3O/c1-3-5-7-8-25-9-14-27(15-10-25)28-16-11-26(12-17-28)13-18-29-19-20-30(24-32(29)36)31-21-22-33(35(38)34(31)37)39-23-6-4-2/h3,5,11-12,16-17,19-22,24-25,27H,4,6-10,13-15,18,23H2,1-2H3/b5-3+. The van der Waals surface area contributed by atoms with Gasteiger partial charge in [0.1, 0.15) is 5.82 Å². The van der Waals surface area contributed by atoms with E-state index in [-0.39, 0.29) is 11.3 Å². The Morgan fingerprint density at radius 3 is 2.33 bits per heavy atom. The van der Waals surface area contributed by atoms with E-state index in [1.165, 1.54) is 67.9 Å². The van der Waals surface area contributed by atoms with E-state index in [2.05, 4.69) is 43.3 Å². The molecule has 1 fully saturated rings. The second-order valence-corrected chi connectivity index (χ2v) is 10.9. The molecule has 1 nitrogen and oxygen atoms in total. The highest BCUT2D eigenvalue weighted by Gasteiger charge is 2.22. The van der Waals surface area contributed by atoms with E-state index in [1.54, 1.807) is 12.1 Å². The van der Waals surface area contributed by atoms with Crippen LogP contribution in [0, 0.1) is 23.4 Å². The molecule has 208 valence electrons. The maximum atomic E-state index is 14.9. The van der Waals surface area contributed by atoms with Gasteiger partial charge in [-0.25, -0.2) is 8.78 Å². The number of ether oxygens (including phenoxy) is 1. The first-order valence-electron chi connectivity index (χ1n) is 14.6. The molecule has 1 saturated carbocycles. The minimum atomic E-state index is -1.03. The van der Waals surface area contributed by atoms with Crippen molar-refractivity contribution < 1.29 is 17.9 Å². The summed E-state index contributed by atoms with van der Waals surface area (Å²) in [4.78, 5) is 0. The van der Waals surface area contributed by atoms with Gasteiger partial charge in [0, 0.05) is 5.56 Å². The van der Waals surface area contributed by atoms with E-state index in [0.29, 0.717) is 30.1 Å². The molecule has 1 aliphatic carbocycles. The number of hydrogen-bond acceptors (Lipinski definition) is 1. The molecule has 0 radical (unpaired) electrons. The van der Waals surface area contributed by atoms with Crippen molar-refractivity contribution >= 4 is 0 Å². The van der Waals surface area contributed by atoms with Crippen LogP contribution >= 0.6 is 0 Å². The topological polar surface area (TPSA) is 9.23 Å². The lowest BCUT2D eigenvalue weighted by atomic mass is 9.77. The monoisotopic (exact) mass is 534 g/mol. The van der Waals surface area contributed by atoms with Crippen LogP contribution in [-0.4, -0.2) is 6.61 Å². The SMILES string of the molecule is C/C=C/CCC1CCC(c2ccc(CCc3ccc(-c4ccc(OCCCC)c(F)c4F)cc3F)cc2)CC1. The summed E-state index contributed by atoms with van der Waals surface area (Å²) < 4.78 is 49.5. The van der Waals surface area contributed by atoms with Crippen molar-refractivity contribution in [3.8, 4) is 16.9 Å². The summed E-state index contributed by atoms with van der Waals surface area (Å²) in [5.74, 6) is -1.06. The molecule has 0 spiro atoms. The lowest BCUT2D eigenvalue weighted by Crippen LogP contribution is -2.13. The van der Waals surface area contributed by atoms with Crippen molar-refractivity contribution in [1.82, 2.24) is 0 Å². The fraction of sp³-hybridized carbons (Fsp3) is 0.429. The molecule has 0 unspecified atom stereocenters. The largest absolute Gasteiger partial charge is 0.490 e. The Kier molecular flexibility index (Phi) is 10.7. The van der Waals surface area contributed by atoms with Gasteiger partial charge in [-0.1, -0.05) is 61.9 Å². The van der Waals surface area contributed by atoms with Crippen LogP contribution in [0.4, 0.5) is 13.2 Å². The third-order valence-electron chi connectivity index (χ3n) is 8.12. The van der Waals surface area contributed by atoms with Crippen molar-refractivity contribution in [2.75, 3.05) is 6.61 Å². The van der Waals surface area contributed by atoms with E-state index in [9.17, 15) is 13.2 Å². The van der Waals surface area contributed by atoms with E-state index in [1.807, 2.05) is 6.92 Å². The zero-order chi connectivity index (χ0) is 27.6. The first kappa shape index (κ1) is 29.0. The normalized spacial score (nSPS) is 17.6. The smallest absolute Gasteiger partial charge is 0.201 e. The van der Waals surface area contributed by atoms with Gasteiger partial charge in [0.05, 0.1) is 6.61 Å². The molecule has 3 aromatic rings. The molecule has 0 N–H and O–H groups in total. The van der Waals surface area contributed by atoms with Crippen LogP contribution in [-0.2, 0) is 12.8 Å². The maximum Gasteiger partial charge on any atom is 0.201 e. The molecule has 0 aromatic heterocycles. The highest BCUT2D eigenvalue weighted by Crippen LogP contribution is 2.38. The number of aryl methyl sites for hydroxylation is 2. The quantitative estimate of drug-likeness (QED) is 0.166. The van der Waals surface area contributed by atoms with Crippen molar-refractivity contribution in [2.45, 2.75) is 84.0 Å². The van der Waals surface area contributed by atoms with Gasteiger partial charge in [0.2, 0.25) is 5.82 Å². The summed E-state index contributed by atoms with van der Waals surface area (Å²) >= 11 is 0. The van der Waals surface area contributed by atoms with Crippen molar-refractivity contribution in [2.24, 2.45) is 5.92 Å². The van der Waals surface area contributed by atoms with Gasteiger partial charge >= 0.3 is 0 Å². The van der Waals surface area contributed by atoms with E-state index < -0.39 is 17.5 Å². The molecule has 39 heavy (non-hydrogen) atoms. The summed E-state index contributed by atoms with van der Waals surface area (Å²) in [5.41, 5.74) is 3.50. The predicted molar refractivity (Wildman–Crippen MR) is 155 cm³/mol. The highest BCUT2D eigenvalue weighted by atomic mass is 19.2. The molecule has 0 aliphatic heterocycles. The third-order valence-corrected chi connectivity index (χ3v) is 8.12. The Bertz CT molecular complexity index is 1220. The highest BCUT2D eigenvalue weighted by molar-refractivity contribution is 5.66. The van der Waals surface area contributed by atoms with Crippen LogP contribution in [0.25, 0.3) is 11.1 Å². The van der Waals surface area contributed by atoms with E-state index in [0.717, 1.165) is 25.2 Å². The van der Waals surface area contributed by atoms with E-state index >= 15 is 0 Å². The minimum Gasteiger partial charge on any atom is -0.490 e. The number of rotatable bonds is 12. The van der Waals surface area contributed by atoms with Crippen LogP contribution in [0.2, 0.25) is 0 Å². The Labute approximate surface area is 232 Å². The molecule has 0 heterocycles. The van der Waals surface area contributed by atoms with Gasteiger partial charge < -0.3 is 4.74 Å². The van der Waals surface area contributed by atoms with Crippen molar-refractivity contribution in [3.63, 3.8) is 0 Å². The van der Waals surface area contributed by atoms with Crippen LogP contribution < -0.4 is 4.74 Å². The number of benzene rings is 3. The van der Waals surface area contributed by atoms with Gasteiger partial charge in [-0.15, -0.1) is 0 Å². The minimum absolute atomic E-state index is 0.0308. The number of hydrogen-bond donors (Lipinski definition) is 0. The molecule has 4 heteroatoms. The molecule has 3 aromatic carbocycles. The number of allylic oxidation sites excluding steroid dienone is 2. The Balaban J connectivity index is 1.32. The maximum absolute atomic E-state index is 14.9. The Morgan fingerprint density at radius 2 is 1.64 bits per heavy atom. The molecule has 0 amide bonds. The first-order chi connectivity index (χ1) is 19.0. The molecular formula is C35H41F3O. The molecule has 0 atom stereocenters. The van der Waals surface area contributed by atoms with Gasteiger partial charge in [0.15, 0.2) is 11.6 Å². The fourth-order valence-corrected chi connectivity index (χ4v) is 5.63. The van der Waals surface area contributed by atoms with Crippen molar-refractivity contribution in [1.29, 1.82) is 0 Å². The average molecular weight is 535 g/mol. The Morgan fingerprint density at radius 1 is 0.872 bits per heavy atom. The lowest BCUT2D eigenvalue weighted by molar-refractivity contribution is 0.289. The molecular weight excluding hydrogens is 493 g/mol. The Hall–Kier alpha value is -3.01. The van der Waals surface area contributed by atoms with Crippen molar-refractivity contribution in [3.05, 3.63) is 101 Å². The lowest BCUT2D eigenvalue weighted by Gasteiger charge is -2.28. The second-order valence-electron chi connectivity index (χ2n) is 10.9. The van der Waals surface area contributed by atoms with Gasteiger partial charge in [0.25, 0.3) is 0 Å². The average Bonchev–Trinajstić information content (AvgIpc) is 2.96. The summed E-state index contributed by atoms with van der Waals surface area (Å²) in [6.07, 6.45) is 15.0. The fourth-order valence-electron chi connectivity index (χ4n) is 5.63. The first-order valence-corrected chi connectivity index (χ1v) is 14.6. The second kappa shape index (κ2) is 14.4. The molecule has 0 bridgehead atoms. The van der Waals surface area contributed by atoms with Gasteiger partial charge in [-0.3, -0.25) is 0 Å². The summed E-state index contributed by atoms with van der Waals surface area (Å²) in [7, 11) is 0. The van der Waals surface area contributed by atoms with Crippen LogP contribution in [0.5, 0.6) is 5.75 Å². The van der Waals surface area contributed by atoms with Gasteiger partial charge in [-0.05, 0) is 117 Å². The van der Waals surface area contributed by atoms with E-state index in [4.69, 9.17) is 4.74 Å². The van der Waals surface area contributed by atoms with Crippen LogP contribution in [0.1, 0.15) is 87.8 Å². The zero-order valence-corrected chi connectivity index (χ0v) is 23.3. The summed E-state index contributed by atoms with van der Waals surface area (Å²) in [6.45, 7) is 4.42. The molecule has 1 aliphatic rings. The summed E-state index contributed by atoms with van der Waals surface area (Å²) in [5, 5.41) is 0. The predicted octanol–water partition coefficient (Wildman–Crippen LogP) is 10.4. The number of unbranched alkanes of at least 4 members (excludes halogenated alkanes) is 1. The van der Waals surface area contributed by atoms with Crippen LogP contribution in [0.3, 0.4) is 0 Å². The molecule has 4 rings (SSSR count). The zero-order valence-electron chi connectivity index (χ0n) is 23.3. The van der Waals surface area contributed by atoms with Crippen LogP contribution in [0.15, 0.2) is 66.7 Å². The molecule has 0 saturated heterocycles. The number of halogens is 3. The third kappa shape index (κ3) is 7.77. The van der Waals surface area contributed by atoms with Gasteiger partial charge in [-0.2, -0.15) is 4.39 Å². The summed E-state index contributed by atoms with van der Waals surface area (Å²) in [6, 6.07) is 16.3.